The van der Waals surface area contributed by atoms with Crippen molar-refractivity contribution in [1.29, 1.82) is 0 Å². The molecule has 0 aliphatic heterocycles. The van der Waals surface area contributed by atoms with Gasteiger partial charge in [0.15, 0.2) is 0 Å². The summed E-state index contributed by atoms with van der Waals surface area (Å²) in [6, 6.07) is 0.839. The third kappa shape index (κ3) is 3.11. The molecular weight excluding hydrogens is 258 g/mol. The summed E-state index contributed by atoms with van der Waals surface area (Å²) in [5.41, 5.74) is 6.30. The lowest BCUT2D eigenvalue weighted by Gasteiger charge is -2.33. The fourth-order valence-electron chi connectivity index (χ4n) is 2.99. The van der Waals surface area contributed by atoms with Gasteiger partial charge in [-0.25, -0.2) is 4.68 Å². The molecular formula is C13H23N5S. The van der Waals surface area contributed by atoms with Gasteiger partial charge in [0.05, 0.1) is 6.04 Å². The molecule has 1 aromatic heterocycles. The molecule has 0 saturated heterocycles. The predicted molar refractivity (Wildman–Crippen MR) is 76.0 cm³/mol. The Bertz CT molecular complexity index is 417. The number of nitrogens with two attached hydrogens (primary N) is 1. The molecule has 0 radical (unpaired) electrons. The number of thioether (sulfide) groups is 1. The van der Waals surface area contributed by atoms with Gasteiger partial charge in [-0.05, 0) is 48.4 Å². The normalized spacial score (nSPS) is 31.6. The predicted octanol–water partition coefficient (Wildman–Crippen LogP) is 2.40. The molecule has 0 amide bonds. The highest BCUT2D eigenvalue weighted by Crippen LogP contribution is 2.40. The van der Waals surface area contributed by atoms with Crippen LogP contribution in [0.1, 0.15) is 57.9 Å². The van der Waals surface area contributed by atoms with Crippen LogP contribution in [0.3, 0.4) is 0 Å². The minimum Gasteiger partial charge on any atom is -0.327 e. The highest BCUT2D eigenvalue weighted by atomic mass is 32.2. The molecule has 3 rings (SSSR count). The molecule has 0 aromatic carbocycles. The van der Waals surface area contributed by atoms with Crippen molar-refractivity contribution in [2.24, 2.45) is 11.7 Å². The van der Waals surface area contributed by atoms with Gasteiger partial charge >= 0.3 is 0 Å². The highest BCUT2D eigenvalue weighted by molar-refractivity contribution is 7.99. The second-order valence-electron chi connectivity index (χ2n) is 5.93. The molecule has 2 aliphatic rings. The van der Waals surface area contributed by atoms with Crippen LogP contribution in [0.15, 0.2) is 5.16 Å². The van der Waals surface area contributed by atoms with Crippen LogP contribution in [0.25, 0.3) is 0 Å². The minimum absolute atomic E-state index is 0.294. The number of aromatic nitrogens is 4. The van der Waals surface area contributed by atoms with Gasteiger partial charge in [-0.1, -0.05) is 31.5 Å². The van der Waals surface area contributed by atoms with E-state index in [0.717, 1.165) is 17.5 Å². The average molecular weight is 281 g/mol. The van der Waals surface area contributed by atoms with Crippen LogP contribution < -0.4 is 5.73 Å². The van der Waals surface area contributed by atoms with Crippen molar-refractivity contribution in [1.82, 2.24) is 20.2 Å². The van der Waals surface area contributed by atoms with E-state index in [2.05, 4.69) is 22.4 Å². The Morgan fingerprint density at radius 2 is 2.16 bits per heavy atom. The summed E-state index contributed by atoms with van der Waals surface area (Å²) in [6.45, 7) is 2.27. The first kappa shape index (κ1) is 13.4. The van der Waals surface area contributed by atoms with Gasteiger partial charge in [-0.15, -0.1) is 5.10 Å². The molecule has 3 atom stereocenters. The molecule has 106 valence electrons. The lowest BCUT2D eigenvalue weighted by molar-refractivity contribution is 0.316. The Labute approximate surface area is 118 Å². The Morgan fingerprint density at radius 3 is 2.89 bits per heavy atom. The number of nitrogens with zero attached hydrogens (tertiary/aromatic N) is 4. The van der Waals surface area contributed by atoms with Crippen LogP contribution in [0.5, 0.6) is 0 Å². The quantitative estimate of drug-likeness (QED) is 0.897. The molecule has 2 aliphatic carbocycles. The molecule has 2 N–H and O–H groups in total. The molecule has 1 aromatic rings. The lowest BCUT2D eigenvalue weighted by atomic mass is 9.83. The Balaban J connectivity index is 1.64. The maximum Gasteiger partial charge on any atom is 0.209 e. The fourth-order valence-corrected chi connectivity index (χ4v) is 4.32. The van der Waals surface area contributed by atoms with Crippen molar-refractivity contribution in [3.05, 3.63) is 0 Å². The van der Waals surface area contributed by atoms with E-state index in [4.69, 9.17) is 5.73 Å². The zero-order valence-electron chi connectivity index (χ0n) is 11.5. The maximum absolute atomic E-state index is 6.30. The summed E-state index contributed by atoms with van der Waals surface area (Å²) < 4.78 is 2.00. The van der Waals surface area contributed by atoms with Crippen molar-refractivity contribution < 1.29 is 0 Å². The Kier molecular flexibility index (Phi) is 4.07. The van der Waals surface area contributed by atoms with Crippen molar-refractivity contribution in [3.63, 3.8) is 0 Å². The summed E-state index contributed by atoms with van der Waals surface area (Å²) in [5, 5.41) is 13.6. The first-order valence-corrected chi connectivity index (χ1v) is 8.36. The van der Waals surface area contributed by atoms with E-state index >= 15 is 0 Å². The molecule has 19 heavy (non-hydrogen) atoms. The van der Waals surface area contributed by atoms with Gasteiger partial charge in [-0.2, -0.15) is 0 Å². The van der Waals surface area contributed by atoms with E-state index < -0.39 is 0 Å². The zero-order valence-corrected chi connectivity index (χ0v) is 12.4. The van der Waals surface area contributed by atoms with Crippen LogP contribution in [0.2, 0.25) is 0 Å². The number of hydrogen-bond acceptors (Lipinski definition) is 5. The van der Waals surface area contributed by atoms with Crippen LogP contribution in [0.4, 0.5) is 0 Å². The number of rotatable bonds is 5. The van der Waals surface area contributed by atoms with Gasteiger partial charge in [-0.3, -0.25) is 0 Å². The van der Waals surface area contributed by atoms with Crippen molar-refractivity contribution in [2.75, 3.05) is 0 Å². The van der Waals surface area contributed by atoms with E-state index in [1.165, 1.54) is 38.5 Å². The zero-order chi connectivity index (χ0) is 13.2. The van der Waals surface area contributed by atoms with Crippen LogP contribution in [-0.2, 0) is 0 Å². The summed E-state index contributed by atoms with van der Waals surface area (Å²) >= 11 is 1.81. The Morgan fingerprint density at radius 1 is 1.32 bits per heavy atom. The average Bonchev–Trinajstić information content (AvgIpc) is 3.14. The topological polar surface area (TPSA) is 69.6 Å². The smallest absolute Gasteiger partial charge is 0.209 e. The van der Waals surface area contributed by atoms with Crippen LogP contribution >= 0.6 is 11.8 Å². The third-order valence-electron chi connectivity index (χ3n) is 4.26. The van der Waals surface area contributed by atoms with Crippen molar-refractivity contribution in [2.45, 2.75) is 74.4 Å². The molecule has 6 heteroatoms. The van der Waals surface area contributed by atoms with Gasteiger partial charge in [0.2, 0.25) is 5.16 Å². The second-order valence-corrected chi connectivity index (χ2v) is 7.13. The lowest BCUT2D eigenvalue weighted by Crippen LogP contribution is -2.38. The fraction of sp³-hybridized carbons (Fsp3) is 0.923. The van der Waals surface area contributed by atoms with E-state index in [0.29, 0.717) is 17.3 Å². The van der Waals surface area contributed by atoms with Gasteiger partial charge in [0.1, 0.15) is 0 Å². The molecule has 1 heterocycles. The van der Waals surface area contributed by atoms with Gasteiger partial charge < -0.3 is 5.73 Å². The SMILES string of the molecule is CCCC1CCC(N)C(Sc2nnnn2C2CC2)C1. The van der Waals surface area contributed by atoms with Crippen molar-refractivity contribution >= 4 is 11.8 Å². The van der Waals surface area contributed by atoms with Gasteiger partial charge in [0, 0.05) is 11.3 Å². The molecule has 3 unspecified atom stereocenters. The van der Waals surface area contributed by atoms with Crippen molar-refractivity contribution in [3.8, 4) is 0 Å². The molecule has 2 fully saturated rings. The number of tetrazole rings is 1. The van der Waals surface area contributed by atoms with Crippen LogP contribution in [0, 0.1) is 5.92 Å². The standard InChI is InChI=1S/C13H23N5S/c1-2-3-9-4-7-11(14)12(8-9)19-13-15-16-17-18(13)10-5-6-10/h9-12H,2-8,14H2,1H3. The summed E-state index contributed by atoms with van der Waals surface area (Å²) in [7, 11) is 0. The van der Waals surface area contributed by atoms with E-state index in [9.17, 15) is 0 Å². The van der Waals surface area contributed by atoms with Gasteiger partial charge in [0.25, 0.3) is 0 Å². The summed E-state index contributed by atoms with van der Waals surface area (Å²) in [6.07, 6.45) is 8.69. The van der Waals surface area contributed by atoms with E-state index in [1.54, 1.807) is 11.8 Å². The summed E-state index contributed by atoms with van der Waals surface area (Å²) in [5.74, 6) is 0.840. The van der Waals surface area contributed by atoms with E-state index in [1.807, 2.05) is 4.68 Å². The molecule has 2 saturated carbocycles. The molecule has 5 nitrogen and oxygen atoms in total. The van der Waals surface area contributed by atoms with E-state index in [-0.39, 0.29) is 0 Å². The largest absolute Gasteiger partial charge is 0.327 e. The summed E-state index contributed by atoms with van der Waals surface area (Å²) in [4.78, 5) is 0. The monoisotopic (exact) mass is 281 g/mol. The first-order valence-electron chi connectivity index (χ1n) is 7.48. The molecule has 0 spiro atoms. The number of hydrogen-bond donors (Lipinski definition) is 1. The first-order chi connectivity index (χ1) is 9.28. The molecule has 0 bridgehead atoms. The maximum atomic E-state index is 6.30. The third-order valence-corrected chi connectivity index (χ3v) is 5.58. The highest BCUT2D eigenvalue weighted by Gasteiger charge is 2.33. The Hall–Kier alpha value is -0.620. The van der Waals surface area contributed by atoms with Crippen LogP contribution in [-0.4, -0.2) is 31.5 Å². The second kappa shape index (κ2) is 5.79. The minimum atomic E-state index is 0.294.